The van der Waals surface area contributed by atoms with Crippen LogP contribution in [0.15, 0.2) is 59.4 Å². The molecule has 0 saturated carbocycles. The fraction of sp³-hybridized carbons (Fsp3) is 0.375. The number of aromatic nitrogens is 2. The van der Waals surface area contributed by atoms with Crippen LogP contribution in [0, 0.1) is 6.92 Å². The van der Waals surface area contributed by atoms with Crippen molar-refractivity contribution in [3.05, 3.63) is 87.3 Å². The lowest BCUT2D eigenvalue weighted by atomic mass is 10.1. The molecule has 0 unspecified atom stereocenters. The van der Waals surface area contributed by atoms with Crippen molar-refractivity contribution in [2.75, 3.05) is 0 Å². The molecule has 1 aromatic heterocycles. The van der Waals surface area contributed by atoms with Crippen molar-refractivity contribution in [1.82, 2.24) is 14.7 Å². The van der Waals surface area contributed by atoms with Gasteiger partial charge in [-0.05, 0) is 51.0 Å². The van der Waals surface area contributed by atoms with Crippen molar-refractivity contribution < 1.29 is 4.74 Å². The maximum atomic E-state index is 13.0. The number of ether oxygens (including phenoxy) is 1. The highest BCUT2D eigenvalue weighted by Crippen LogP contribution is 2.14. The Balaban J connectivity index is 1.68. The molecule has 29 heavy (non-hydrogen) atoms. The highest BCUT2D eigenvalue weighted by Gasteiger charge is 2.15. The number of hydrogen-bond donors (Lipinski definition) is 1. The van der Waals surface area contributed by atoms with Gasteiger partial charge in [0.05, 0.1) is 23.5 Å². The Morgan fingerprint density at radius 3 is 2.34 bits per heavy atom. The monoisotopic (exact) mass is 393 g/mol. The second kappa shape index (κ2) is 8.80. The topological polar surface area (TPSA) is 48.2 Å². The summed E-state index contributed by atoms with van der Waals surface area (Å²) < 4.78 is 9.50. The van der Waals surface area contributed by atoms with E-state index >= 15 is 0 Å². The van der Waals surface area contributed by atoms with E-state index in [0.717, 1.165) is 22.5 Å². The van der Waals surface area contributed by atoms with E-state index in [-0.39, 0.29) is 11.2 Å². The zero-order chi connectivity index (χ0) is 21.0. The Morgan fingerprint density at radius 1 is 0.966 bits per heavy atom. The second-order valence-corrected chi connectivity index (χ2v) is 8.36. The Morgan fingerprint density at radius 2 is 1.66 bits per heavy atom. The number of rotatable bonds is 7. The number of nitrogens with zero attached hydrogens (tertiary/aromatic N) is 2. The molecule has 0 fully saturated rings. The Kier molecular flexibility index (Phi) is 6.40. The van der Waals surface area contributed by atoms with Gasteiger partial charge in [-0.1, -0.05) is 42.5 Å². The summed E-state index contributed by atoms with van der Waals surface area (Å²) in [5.41, 5.74) is 4.84. The third-order valence-corrected chi connectivity index (χ3v) is 4.97. The average Bonchev–Trinajstić information content (AvgIpc) is 2.90. The first-order valence-corrected chi connectivity index (χ1v) is 10.0. The molecule has 3 rings (SSSR count). The normalized spacial score (nSPS) is 11.8. The van der Waals surface area contributed by atoms with Gasteiger partial charge in [-0.3, -0.25) is 9.48 Å². The number of para-hydroxylation sites is 1. The van der Waals surface area contributed by atoms with E-state index in [2.05, 4.69) is 50.4 Å². The molecule has 2 aromatic carbocycles. The van der Waals surface area contributed by atoms with Crippen LogP contribution in [0.3, 0.4) is 0 Å². The van der Waals surface area contributed by atoms with Crippen LogP contribution in [0.4, 0.5) is 0 Å². The van der Waals surface area contributed by atoms with Gasteiger partial charge in [0.1, 0.15) is 0 Å². The van der Waals surface area contributed by atoms with Gasteiger partial charge < -0.3 is 10.1 Å². The molecule has 0 atom stereocenters. The smallest absolute Gasteiger partial charge is 0.276 e. The first kappa shape index (κ1) is 21.1. The molecule has 0 spiro atoms. The highest BCUT2D eigenvalue weighted by molar-refractivity contribution is 5.33. The first-order chi connectivity index (χ1) is 13.8. The summed E-state index contributed by atoms with van der Waals surface area (Å²) in [6.07, 6.45) is 0. The molecule has 0 aliphatic rings. The molecule has 0 bridgehead atoms. The molecule has 0 amide bonds. The highest BCUT2D eigenvalue weighted by atomic mass is 16.5. The largest absolute Gasteiger partial charge is 0.371 e. The van der Waals surface area contributed by atoms with Crippen LogP contribution in [-0.4, -0.2) is 15.0 Å². The van der Waals surface area contributed by atoms with Gasteiger partial charge >= 0.3 is 0 Å². The predicted octanol–water partition coefficient (Wildman–Crippen LogP) is 4.09. The molecule has 0 radical (unpaired) electrons. The van der Waals surface area contributed by atoms with Crippen LogP contribution in [0.2, 0.25) is 0 Å². The summed E-state index contributed by atoms with van der Waals surface area (Å²) in [6, 6.07) is 18.1. The molecule has 1 N–H and O–H groups in total. The van der Waals surface area contributed by atoms with Crippen molar-refractivity contribution >= 4 is 0 Å². The van der Waals surface area contributed by atoms with E-state index < -0.39 is 0 Å². The zero-order valence-corrected chi connectivity index (χ0v) is 18.0. The Labute approximate surface area is 172 Å². The third kappa shape index (κ3) is 5.25. The first-order valence-electron chi connectivity index (χ1n) is 10.0. The van der Waals surface area contributed by atoms with Crippen LogP contribution in [0.25, 0.3) is 5.69 Å². The quantitative estimate of drug-likeness (QED) is 0.658. The molecule has 0 saturated heterocycles. The van der Waals surface area contributed by atoms with Gasteiger partial charge in [0.15, 0.2) is 0 Å². The Bertz CT molecular complexity index is 1010. The number of benzene rings is 2. The van der Waals surface area contributed by atoms with E-state index in [0.29, 0.717) is 19.7 Å². The molecule has 154 valence electrons. The summed E-state index contributed by atoms with van der Waals surface area (Å²) in [7, 11) is 1.92. The lowest BCUT2D eigenvalue weighted by Crippen LogP contribution is -2.23. The summed E-state index contributed by atoms with van der Waals surface area (Å²) >= 11 is 0. The maximum absolute atomic E-state index is 13.0. The van der Waals surface area contributed by atoms with E-state index in [1.807, 2.05) is 49.0 Å². The van der Waals surface area contributed by atoms with Crippen LogP contribution < -0.4 is 10.9 Å². The summed E-state index contributed by atoms with van der Waals surface area (Å²) in [5.74, 6) is 0. The molecular weight excluding hydrogens is 362 g/mol. The van der Waals surface area contributed by atoms with E-state index in [4.69, 9.17) is 4.74 Å². The fourth-order valence-electron chi connectivity index (χ4n) is 3.29. The van der Waals surface area contributed by atoms with Crippen molar-refractivity contribution in [2.45, 2.75) is 53.0 Å². The van der Waals surface area contributed by atoms with Crippen molar-refractivity contribution in [3.8, 4) is 5.69 Å². The number of nitrogens with one attached hydrogen (secondary N) is 1. The maximum Gasteiger partial charge on any atom is 0.276 e. The Hall–Kier alpha value is -2.63. The summed E-state index contributed by atoms with van der Waals surface area (Å²) in [6.45, 7) is 9.98. The van der Waals surface area contributed by atoms with Crippen LogP contribution in [0.1, 0.15) is 43.2 Å². The van der Waals surface area contributed by atoms with Gasteiger partial charge in [-0.2, -0.15) is 0 Å². The minimum Gasteiger partial charge on any atom is -0.371 e. The molecule has 0 aliphatic heterocycles. The molecule has 1 heterocycles. The van der Waals surface area contributed by atoms with E-state index in [1.54, 1.807) is 4.68 Å². The third-order valence-electron chi connectivity index (χ3n) is 4.97. The van der Waals surface area contributed by atoms with Crippen LogP contribution in [-0.2, 0) is 31.5 Å². The van der Waals surface area contributed by atoms with Gasteiger partial charge in [0.2, 0.25) is 0 Å². The van der Waals surface area contributed by atoms with Gasteiger partial charge in [-0.15, -0.1) is 0 Å². The van der Waals surface area contributed by atoms with Crippen molar-refractivity contribution in [3.63, 3.8) is 0 Å². The lowest BCUT2D eigenvalue weighted by Gasteiger charge is -2.19. The SMILES string of the molecule is Cc1c(CNCc2cccc(COC(C)(C)C)c2)c(=O)n(-c2ccccc2)n1C. The second-order valence-electron chi connectivity index (χ2n) is 8.36. The molecule has 5 heteroatoms. The van der Waals surface area contributed by atoms with Crippen molar-refractivity contribution in [2.24, 2.45) is 7.05 Å². The van der Waals surface area contributed by atoms with Gasteiger partial charge in [0, 0.05) is 25.8 Å². The van der Waals surface area contributed by atoms with Gasteiger partial charge in [0.25, 0.3) is 5.56 Å². The average molecular weight is 394 g/mol. The van der Waals surface area contributed by atoms with E-state index in [9.17, 15) is 4.79 Å². The van der Waals surface area contributed by atoms with Crippen LogP contribution in [0.5, 0.6) is 0 Å². The minimum absolute atomic E-state index is 0.0241. The molecular formula is C24H31N3O2. The molecule has 3 aromatic rings. The molecule has 5 nitrogen and oxygen atoms in total. The van der Waals surface area contributed by atoms with Gasteiger partial charge in [-0.25, -0.2) is 4.68 Å². The van der Waals surface area contributed by atoms with E-state index in [1.165, 1.54) is 5.56 Å². The van der Waals surface area contributed by atoms with Crippen LogP contribution >= 0.6 is 0 Å². The summed E-state index contributed by atoms with van der Waals surface area (Å²) in [4.78, 5) is 13.0. The predicted molar refractivity (Wildman–Crippen MR) is 117 cm³/mol. The minimum atomic E-state index is -0.155. The number of hydrogen-bond acceptors (Lipinski definition) is 3. The lowest BCUT2D eigenvalue weighted by molar-refractivity contribution is -0.0149. The fourth-order valence-corrected chi connectivity index (χ4v) is 3.29. The standard InChI is InChI=1S/C24H31N3O2/c1-18-22(23(28)27(26(18)5)21-12-7-6-8-13-21)16-25-15-19-10-9-11-20(14-19)17-29-24(2,3)4/h6-14,25H,15-17H2,1-5H3. The van der Waals surface area contributed by atoms with Crippen molar-refractivity contribution in [1.29, 1.82) is 0 Å². The molecule has 0 aliphatic carbocycles. The summed E-state index contributed by atoms with van der Waals surface area (Å²) in [5, 5.41) is 3.42. The zero-order valence-electron chi connectivity index (χ0n) is 18.0.